The number of rotatable bonds is 4. The van der Waals surface area contributed by atoms with Gasteiger partial charge in [-0.15, -0.1) is 0 Å². The molecule has 1 fully saturated rings. The van der Waals surface area contributed by atoms with Crippen molar-refractivity contribution in [3.63, 3.8) is 0 Å². The third-order valence-corrected chi connectivity index (χ3v) is 3.19. The monoisotopic (exact) mass is 235 g/mol. The van der Waals surface area contributed by atoms with E-state index in [0.717, 1.165) is 25.9 Å². The minimum Gasteiger partial charge on any atom is -0.508 e. The maximum atomic E-state index is 9.17. The van der Waals surface area contributed by atoms with Crippen LogP contribution in [0.2, 0.25) is 0 Å². The Kier molecular flexibility index (Phi) is 3.69. The number of nitrogens with one attached hydrogen (secondary N) is 1. The van der Waals surface area contributed by atoms with E-state index in [9.17, 15) is 5.11 Å². The van der Waals surface area contributed by atoms with Crippen LogP contribution >= 0.6 is 0 Å². The smallest absolute Gasteiger partial charge is 0.115 e. The number of hydrogen-bond acceptors (Lipinski definition) is 3. The van der Waals surface area contributed by atoms with E-state index in [1.807, 2.05) is 12.1 Å². The highest BCUT2D eigenvalue weighted by molar-refractivity contribution is 5.25. The second kappa shape index (κ2) is 5.07. The molecule has 0 spiro atoms. The van der Waals surface area contributed by atoms with Gasteiger partial charge in [-0.05, 0) is 44.4 Å². The molecule has 0 saturated carbocycles. The molecule has 0 radical (unpaired) electrons. The minimum atomic E-state index is 0.0465. The van der Waals surface area contributed by atoms with Crippen molar-refractivity contribution in [1.29, 1.82) is 0 Å². The number of aromatic hydroxyl groups is 1. The molecule has 1 saturated heterocycles. The van der Waals surface area contributed by atoms with Crippen molar-refractivity contribution in [3.05, 3.63) is 29.8 Å². The van der Waals surface area contributed by atoms with E-state index in [1.165, 1.54) is 5.56 Å². The van der Waals surface area contributed by atoms with Gasteiger partial charge in [0.1, 0.15) is 5.75 Å². The highest BCUT2D eigenvalue weighted by Crippen LogP contribution is 2.28. The van der Waals surface area contributed by atoms with E-state index in [2.05, 4.69) is 19.2 Å². The van der Waals surface area contributed by atoms with Gasteiger partial charge in [-0.25, -0.2) is 0 Å². The summed E-state index contributed by atoms with van der Waals surface area (Å²) in [5.41, 5.74) is 1.23. The van der Waals surface area contributed by atoms with Crippen LogP contribution in [0.5, 0.6) is 5.75 Å². The maximum Gasteiger partial charge on any atom is 0.115 e. The fraction of sp³-hybridized carbons (Fsp3) is 0.571. The molecule has 1 unspecified atom stereocenters. The van der Waals surface area contributed by atoms with Gasteiger partial charge in [0, 0.05) is 13.1 Å². The summed E-state index contributed by atoms with van der Waals surface area (Å²) in [6, 6.07) is 7.29. The number of phenols is 1. The van der Waals surface area contributed by atoms with Crippen molar-refractivity contribution < 1.29 is 9.84 Å². The number of ether oxygens (including phenoxy) is 1. The van der Waals surface area contributed by atoms with Gasteiger partial charge in [0.15, 0.2) is 0 Å². The summed E-state index contributed by atoms with van der Waals surface area (Å²) >= 11 is 0. The molecule has 2 N–H and O–H groups in total. The van der Waals surface area contributed by atoms with Crippen LogP contribution in [-0.2, 0) is 11.3 Å². The van der Waals surface area contributed by atoms with Gasteiger partial charge < -0.3 is 15.2 Å². The molecule has 2 rings (SSSR count). The number of phenolic OH excluding ortho intramolecular Hbond substituents is 1. The van der Waals surface area contributed by atoms with E-state index in [4.69, 9.17) is 4.74 Å². The molecule has 0 aliphatic carbocycles. The Labute approximate surface area is 103 Å². The molecule has 1 aromatic carbocycles. The summed E-state index contributed by atoms with van der Waals surface area (Å²) in [5, 5.41) is 12.6. The van der Waals surface area contributed by atoms with E-state index < -0.39 is 0 Å². The van der Waals surface area contributed by atoms with Crippen LogP contribution in [0.4, 0.5) is 0 Å². The molecule has 0 aromatic heterocycles. The summed E-state index contributed by atoms with van der Waals surface area (Å²) in [4.78, 5) is 0. The first-order chi connectivity index (χ1) is 8.05. The van der Waals surface area contributed by atoms with Crippen LogP contribution in [0.25, 0.3) is 0 Å². The SMILES string of the molecule is CC1(C)CCC(CNCc2ccc(O)cc2)O1. The predicted molar refractivity (Wildman–Crippen MR) is 68.0 cm³/mol. The van der Waals surface area contributed by atoms with Crippen molar-refractivity contribution in [2.24, 2.45) is 0 Å². The molecule has 1 heterocycles. The predicted octanol–water partition coefficient (Wildman–Crippen LogP) is 2.44. The first-order valence-corrected chi connectivity index (χ1v) is 6.22. The highest BCUT2D eigenvalue weighted by Gasteiger charge is 2.30. The van der Waals surface area contributed by atoms with Crippen LogP contribution in [0.1, 0.15) is 32.3 Å². The number of hydrogen-bond donors (Lipinski definition) is 2. The molecular formula is C14H21NO2. The lowest BCUT2D eigenvalue weighted by Gasteiger charge is -2.19. The van der Waals surface area contributed by atoms with E-state index in [0.29, 0.717) is 11.9 Å². The van der Waals surface area contributed by atoms with Crippen LogP contribution in [0.3, 0.4) is 0 Å². The van der Waals surface area contributed by atoms with Crippen molar-refractivity contribution in [1.82, 2.24) is 5.32 Å². The Bertz CT molecular complexity index is 359. The van der Waals surface area contributed by atoms with Crippen molar-refractivity contribution in [2.45, 2.75) is 44.9 Å². The first-order valence-electron chi connectivity index (χ1n) is 6.22. The van der Waals surface area contributed by atoms with E-state index in [1.54, 1.807) is 12.1 Å². The fourth-order valence-corrected chi connectivity index (χ4v) is 2.21. The quantitative estimate of drug-likeness (QED) is 0.842. The molecule has 0 bridgehead atoms. The molecule has 3 nitrogen and oxygen atoms in total. The van der Waals surface area contributed by atoms with E-state index in [-0.39, 0.29) is 5.60 Å². The molecule has 94 valence electrons. The molecule has 1 aliphatic rings. The lowest BCUT2D eigenvalue weighted by atomic mass is 10.1. The van der Waals surface area contributed by atoms with Crippen LogP contribution in [0, 0.1) is 0 Å². The Balaban J connectivity index is 1.71. The molecule has 1 aliphatic heterocycles. The minimum absolute atomic E-state index is 0.0465. The largest absolute Gasteiger partial charge is 0.508 e. The summed E-state index contributed by atoms with van der Waals surface area (Å²) in [7, 11) is 0. The Morgan fingerprint density at radius 1 is 1.35 bits per heavy atom. The fourth-order valence-electron chi connectivity index (χ4n) is 2.21. The Hall–Kier alpha value is -1.06. The molecule has 17 heavy (non-hydrogen) atoms. The van der Waals surface area contributed by atoms with Gasteiger partial charge in [-0.1, -0.05) is 12.1 Å². The Morgan fingerprint density at radius 2 is 2.06 bits per heavy atom. The molecule has 3 heteroatoms. The average molecular weight is 235 g/mol. The second-order valence-electron chi connectivity index (χ2n) is 5.34. The van der Waals surface area contributed by atoms with Crippen molar-refractivity contribution in [3.8, 4) is 5.75 Å². The second-order valence-corrected chi connectivity index (χ2v) is 5.34. The van der Waals surface area contributed by atoms with Gasteiger partial charge in [-0.2, -0.15) is 0 Å². The lowest BCUT2D eigenvalue weighted by Crippen LogP contribution is -2.29. The zero-order chi connectivity index (χ0) is 12.3. The molecule has 1 atom stereocenters. The van der Waals surface area contributed by atoms with Crippen LogP contribution in [0.15, 0.2) is 24.3 Å². The van der Waals surface area contributed by atoms with Crippen molar-refractivity contribution >= 4 is 0 Å². The van der Waals surface area contributed by atoms with Gasteiger partial charge >= 0.3 is 0 Å². The average Bonchev–Trinajstić information content (AvgIpc) is 2.61. The third-order valence-electron chi connectivity index (χ3n) is 3.19. The van der Waals surface area contributed by atoms with Gasteiger partial charge in [-0.3, -0.25) is 0 Å². The molecule has 0 amide bonds. The summed E-state index contributed by atoms with van der Waals surface area (Å²) < 4.78 is 5.90. The summed E-state index contributed by atoms with van der Waals surface area (Å²) in [5.74, 6) is 0.314. The summed E-state index contributed by atoms with van der Waals surface area (Å²) in [6.45, 7) is 6.00. The molecule has 1 aromatic rings. The van der Waals surface area contributed by atoms with Gasteiger partial charge in [0.2, 0.25) is 0 Å². The van der Waals surface area contributed by atoms with E-state index >= 15 is 0 Å². The Morgan fingerprint density at radius 3 is 2.65 bits per heavy atom. The van der Waals surface area contributed by atoms with Crippen molar-refractivity contribution in [2.75, 3.05) is 6.54 Å². The highest BCUT2D eigenvalue weighted by atomic mass is 16.5. The van der Waals surface area contributed by atoms with Crippen LogP contribution < -0.4 is 5.32 Å². The molecular weight excluding hydrogens is 214 g/mol. The summed E-state index contributed by atoms with van der Waals surface area (Å²) in [6.07, 6.45) is 2.61. The first kappa shape index (κ1) is 12.4. The lowest BCUT2D eigenvalue weighted by molar-refractivity contribution is -0.0142. The maximum absolute atomic E-state index is 9.17. The zero-order valence-electron chi connectivity index (χ0n) is 10.6. The van der Waals surface area contributed by atoms with Gasteiger partial charge in [0.25, 0.3) is 0 Å². The number of benzene rings is 1. The standard InChI is InChI=1S/C14H21NO2/c1-14(2)8-7-13(17-14)10-15-9-11-3-5-12(16)6-4-11/h3-6,13,15-16H,7-10H2,1-2H3. The zero-order valence-corrected chi connectivity index (χ0v) is 10.6. The normalized spacial score (nSPS) is 22.8. The topological polar surface area (TPSA) is 41.5 Å². The third kappa shape index (κ3) is 3.72. The van der Waals surface area contributed by atoms with Crippen LogP contribution in [-0.4, -0.2) is 23.4 Å². The van der Waals surface area contributed by atoms with Gasteiger partial charge in [0.05, 0.1) is 11.7 Å².